The zero-order chi connectivity index (χ0) is 23.1. The Bertz CT molecular complexity index is 1090. The normalized spacial score (nSPS) is 10.5. The number of aromatic nitrogens is 2. The molecule has 2 amide bonds. The molecule has 0 saturated heterocycles. The van der Waals surface area contributed by atoms with Gasteiger partial charge in [-0.2, -0.15) is 5.10 Å². The average Bonchev–Trinajstić information content (AvgIpc) is 3.08. The SMILES string of the molecule is COc1ccc(C(=O)NCC(=O)NCc2c(C)nn(Cc3ccccc3)c2C)cc1OC. The Balaban J connectivity index is 1.54. The van der Waals surface area contributed by atoms with Crippen molar-refractivity contribution in [3.05, 3.63) is 76.6 Å². The third kappa shape index (κ3) is 5.46. The van der Waals surface area contributed by atoms with E-state index in [-0.39, 0.29) is 18.4 Å². The lowest BCUT2D eigenvalue weighted by molar-refractivity contribution is -0.120. The van der Waals surface area contributed by atoms with Crippen molar-refractivity contribution < 1.29 is 19.1 Å². The first-order valence-electron chi connectivity index (χ1n) is 10.3. The first-order valence-corrected chi connectivity index (χ1v) is 10.3. The number of ether oxygens (including phenoxy) is 2. The standard InChI is InChI=1S/C24H28N4O4/c1-16-20(17(2)28(27-16)15-18-8-6-5-7-9-18)13-25-23(29)14-26-24(30)19-10-11-21(31-3)22(12-19)32-4/h5-12H,13-15H2,1-4H3,(H,25,29)(H,26,30). The molecule has 3 aromatic rings. The molecule has 8 nitrogen and oxygen atoms in total. The molecule has 3 rings (SSSR count). The number of hydrogen-bond acceptors (Lipinski definition) is 5. The second kappa shape index (κ2) is 10.5. The minimum Gasteiger partial charge on any atom is -0.493 e. The molecule has 168 valence electrons. The maximum absolute atomic E-state index is 12.4. The van der Waals surface area contributed by atoms with Crippen LogP contribution >= 0.6 is 0 Å². The molecule has 1 heterocycles. The summed E-state index contributed by atoms with van der Waals surface area (Å²) in [4.78, 5) is 24.7. The van der Waals surface area contributed by atoms with Gasteiger partial charge in [-0.25, -0.2) is 0 Å². The maximum Gasteiger partial charge on any atom is 0.251 e. The lowest BCUT2D eigenvalue weighted by atomic mass is 10.2. The van der Waals surface area contributed by atoms with Gasteiger partial charge in [0.15, 0.2) is 11.5 Å². The molecular formula is C24H28N4O4. The molecule has 2 N–H and O–H groups in total. The molecule has 2 aromatic carbocycles. The number of nitrogens with zero attached hydrogens (tertiary/aromatic N) is 2. The third-order valence-corrected chi connectivity index (χ3v) is 5.22. The van der Waals surface area contributed by atoms with Crippen LogP contribution in [0.25, 0.3) is 0 Å². The summed E-state index contributed by atoms with van der Waals surface area (Å²) in [5.74, 6) is 0.320. The highest BCUT2D eigenvalue weighted by molar-refractivity contribution is 5.97. The van der Waals surface area contributed by atoms with E-state index < -0.39 is 0 Å². The fourth-order valence-corrected chi connectivity index (χ4v) is 3.39. The minimum atomic E-state index is -0.371. The monoisotopic (exact) mass is 436 g/mol. The van der Waals surface area contributed by atoms with Crippen LogP contribution in [0.15, 0.2) is 48.5 Å². The number of carbonyl (C=O) groups excluding carboxylic acids is 2. The number of amides is 2. The molecule has 0 aliphatic carbocycles. The van der Waals surface area contributed by atoms with Crippen molar-refractivity contribution in [1.29, 1.82) is 0 Å². The van der Waals surface area contributed by atoms with Crippen LogP contribution < -0.4 is 20.1 Å². The van der Waals surface area contributed by atoms with E-state index in [0.717, 1.165) is 22.5 Å². The minimum absolute atomic E-state index is 0.135. The lowest BCUT2D eigenvalue weighted by Crippen LogP contribution is -2.36. The van der Waals surface area contributed by atoms with Crippen molar-refractivity contribution in [2.45, 2.75) is 26.9 Å². The highest BCUT2D eigenvalue weighted by atomic mass is 16.5. The van der Waals surface area contributed by atoms with Gasteiger partial charge in [-0.15, -0.1) is 0 Å². The summed E-state index contributed by atoms with van der Waals surface area (Å²) in [5, 5.41) is 10.1. The molecule has 0 spiro atoms. The van der Waals surface area contributed by atoms with E-state index in [0.29, 0.717) is 30.2 Å². The molecule has 0 aliphatic rings. The molecule has 0 unspecified atom stereocenters. The van der Waals surface area contributed by atoms with Gasteiger partial charge in [-0.05, 0) is 37.6 Å². The molecule has 0 fully saturated rings. The number of hydrogen-bond donors (Lipinski definition) is 2. The van der Waals surface area contributed by atoms with Gasteiger partial charge in [0.25, 0.3) is 5.91 Å². The Morgan fingerprint density at radius 1 is 0.969 bits per heavy atom. The molecule has 8 heteroatoms. The lowest BCUT2D eigenvalue weighted by Gasteiger charge is -2.10. The topological polar surface area (TPSA) is 94.5 Å². The van der Waals surface area contributed by atoms with Crippen molar-refractivity contribution >= 4 is 11.8 Å². The molecule has 1 aromatic heterocycles. The summed E-state index contributed by atoms with van der Waals surface area (Å²) in [6.07, 6.45) is 0. The molecular weight excluding hydrogens is 408 g/mol. The van der Waals surface area contributed by atoms with Gasteiger partial charge in [-0.3, -0.25) is 14.3 Å². The van der Waals surface area contributed by atoms with Crippen LogP contribution in [-0.4, -0.2) is 42.4 Å². The van der Waals surface area contributed by atoms with Crippen LogP contribution in [0.1, 0.15) is 32.9 Å². The van der Waals surface area contributed by atoms with Crippen LogP contribution in [0.2, 0.25) is 0 Å². The molecule has 0 saturated carbocycles. The molecule has 0 radical (unpaired) electrons. The second-order valence-corrected chi connectivity index (χ2v) is 7.32. The summed E-state index contributed by atoms with van der Waals surface area (Å²) in [6, 6.07) is 14.9. The van der Waals surface area contributed by atoms with Crippen molar-refractivity contribution in [2.24, 2.45) is 0 Å². The quantitative estimate of drug-likeness (QED) is 0.538. The van der Waals surface area contributed by atoms with Crippen LogP contribution in [0.5, 0.6) is 11.5 Å². The predicted octanol–water partition coefficient (Wildman–Crippen LogP) is 2.61. The van der Waals surface area contributed by atoms with E-state index in [9.17, 15) is 9.59 Å². The van der Waals surface area contributed by atoms with E-state index >= 15 is 0 Å². The van der Waals surface area contributed by atoms with Gasteiger partial charge in [0.1, 0.15) is 0 Å². The molecule has 32 heavy (non-hydrogen) atoms. The predicted molar refractivity (Wildman–Crippen MR) is 121 cm³/mol. The summed E-state index contributed by atoms with van der Waals surface area (Å²) in [5.41, 5.74) is 4.38. The zero-order valence-corrected chi connectivity index (χ0v) is 18.8. The van der Waals surface area contributed by atoms with Crippen molar-refractivity contribution in [3.63, 3.8) is 0 Å². The summed E-state index contributed by atoms with van der Waals surface area (Å²) < 4.78 is 12.3. The van der Waals surface area contributed by atoms with E-state index in [1.165, 1.54) is 14.2 Å². The van der Waals surface area contributed by atoms with E-state index in [4.69, 9.17) is 9.47 Å². The fraction of sp³-hybridized carbons (Fsp3) is 0.292. The largest absolute Gasteiger partial charge is 0.493 e. The summed E-state index contributed by atoms with van der Waals surface area (Å²) >= 11 is 0. The third-order valence-electron chi connectivity index (χ3n) is 5.22. The maximum atomic E-state index is 12.4. The van der Waals surface area contributed by atoms with Crippen molar-refractivity contribution in [1.82, 2.24) is 20.4 Å². The van der Waals surface area contributed by atoms with Crippen molar-refractivity contribution in [3.8, 4) is 11.5 Å². The molecule has 0 bridgehead atoms. The smallest absolute Gasteiger partial charge is 0.251 e. The fourth-order valence-electron chi connectivity index (χ4n) is 3.39. The number of nitrogens with one attached hydrogen (secondary N) is 2. The van der Waals surface area contributed by atoms with E-state index in [1.807, 2.05) is 36.7 Å². The van der Waals surface area contributed by atoms with E-state index in [1.54, 1.807) is 18.2 Å². The Hall–Kier alpha value is -3.81. The van der Waals surface area contributed by atoms with Gasteiger partial charge >= 0.3 is 0 Å². The van der Waals surface area contributed by atoms with Crippen LogP contribution in [0.3, 0.4) is 0 Å². The van der Waals surface area contributed by atoms with Gasteiger partial charge in [0, 0.05) is 23.4 Å². The Kier molecular flexibility index (Phi) is 7.49. The number of carbonyl (C=O) groups is 2. The Morgan fingerprint density at radius 3 is 2.38 bits per heavy atom. The van der Waals surface area contributed by atoms with Gasteiger partial charge in [-0.1, -0.05) is 30.3 Å². The van der Waals surface area contributed by atoms with Crippen LogP contribution in [-0.2, 0) is 17.9 Å². The highest BCUT2D eigenvalue weighted by Gasteiger charge is 2.15. The van der Waals surface area contributed by atoms with Crippen LogP contribution in [0.4, 0.5) is 0 Å². The number of benzene rings is 2. The average molecular weight is 437 g/mol. The van der Waals surface area contributed by atoms with E-state index in [2.05, 4.69) is 27.9 Å². The number of methoxy groups -OCH3 is 2. The number of aryl methyl sites for hydroxylation is 1. The highest BCUT2D eigenvalue weighted by Crippen LogP contribution is 2.27. The first kappa shape index (κ1) is 22.9. The summed E-state index contributed by atoms with van der Waals surface area (Å²) in [6.45, 7) is 4.79. The Labute approximate surface area is 187 Å². The molecule has 0 aliphatic heterocycles. The molecule has 0 atom stereocenters. The Morgan fingerprint density at radius 2 is 1.69 bits per heavy atom. The number of rotatable bonds is 9. The zero-order valence-electron chi connectivity index (χ0n) is 18.8. The van der Waals surface area contributed by atoms with Gasteiger partial charge in [0.05, 0.1) is 33.0 Å². The van der Waals surface area contributed by atoms with Crippen LogP contribution in [0, 0.1) is 13.8 Å². The van der Waals surface area contributed by atoms with Gasteiger partial charge in [0.2, 0.25) is 5.91 Å². The summed E-state index contributed by atoms with van der Waals surface area (Å²) in [7, 11) is 3.02. The first-order chi connectivity index (χ1) is 15.4. The van der Waals surface area contributed by atoms with Gasteiger partial charge < -0.3 is 20.1 Å². The second-order valence-electron chi connectivity index (χ2n) is 7.32. The van der Waals surface area contributed by atoms with Crippen molar-refractivity contribution in [2.75, 3.05) is 20.8 Å².